The fraction of sp³-hybridized carbons (Fsp3) is 0.267. The molecule has 1 N–H and O–H groups in total. The zero-order valence-electron chi connectivity index (χ0n) is 22.0. The Kier molecular flexibility index (Phi) is 5.95. The zero-order valence-corrected chi connectivity index (χ0v) is 22.0. The lowest BCUT2D eigenvalue weighted by Crippen LogP contribution is -2.33. The van der Waals surface area contributed by atoms with Crippen LogP contribution in [0, 0.1) is 0 Å². The van der Waals surface area contributed by atoms with Crippen LogP contribution in [0.5, 0.6) is 5.75 Å². The Morgan fingerprint density at radius 1 is 0.795 bits per heavy atom. The lowest BCUT2D eigenvalue weighted by molar-refractivity contribution is 0.288. The number of hydrogen-bond donors (Lipinski definition) is 1. The first-order valence-corrected chi connectivity index (χ1v) is 13.1. The summed E-state index contributed by atoms with van der Waals surface area (Å²) in [6, 6.07) is 15.2. The minimum atomic E-state index is -0.578. The van der Waals surface area contributed by atoms with Crippen molar-refractivity contribution in [2.75, 3.05) is 19.6 Å². The molecular formula is C30H28N4O5. The molecule has 0 aliphatic rings. The van der Waals surface area contributed by atoms with Gasteiger partial charge in [-0.1, -0.05) is 44.2 Å². The summed E-state index contributed by atoms with van der Waals surface area (Å²) in [7, 11) is 1.39. The SMILES string of the molecule is CCN(CC)CCn1c(=O)c2c3c(=O)n(C)c(=O)c3c3[nH]c4ccc(OCc5ccccc5)cc4c3c2c1=O. The molecule has 9 heteroatoms. The maximum atomic E-state index is 13.8. The summed E-state index contributed by atoms with van der Waals surface area (Å²) in [5.41, 5.74) is -0.0178. The number of hydrogen-bond acceptors (Lipinski definition) is 6. The number of benzene rings is 3. The molecule has 0 amide bonds. The van der Waals surface area contributed by atoms with Gasteiger partial charge in [0.2, 0.25) is 0 Å². The van der Waals surface area contributed by atoms with E-state index in [4.69, 9.17) is 4.74 Å². The summed E-state index contributed by atoms with van der Waals surface area (Å²) < 4.78 is 8.24. The Morgan fingerprint density at radius 3 is 2.13 bits per heavy atom. The van der Waals surface area contributed by atoms with Crippen LogP contribution in [0.15, 0.2) is 67.7 Å². The predicted octanol–water partition coefficient (Wildman–Crippen LogP) is 3.00. The van der Waals surface area contributed by atoms with E-state index in [0.717, 1.165) is 23.2 Å². The molecule has 0 spiro atoms. The topological polar surface area (TPSA) is 106 Å². The zero-order chi connectivity index (χ0) is 27.4. The number of H-pyrrole nitrogens is 1. The van der Waals surface area contributed by atoms with Gasteiger partial charge in [-0.3, -0.25) is 28.3 Å². The van der Waals surface area contributed by atoms with Gasteiger partial charge in [0.05, 0.1) is 27.1 Å². The summed E-state index contributed by atoms with van der Waals surface area (Å²) in [5, 5.41) is 1.42. The second kappa shape index (κ2) is 9.36. The summed E-state index contributed by atoms with van der Waals surface area (Å²) in [5.74, 6) is 0.580. The Morgan fingerprint density at radius 2 is 1.44 bits per heavy atom. The van der Waals surface area contributed by atoms with Crippen molar-refractivity contribution in [2.24, 2.45) is 7.05 Å². The molecule has 0 fully saturated rings. The van der Waals surface area contributed by atoms with Gasteiger partial charge in [0.1, 0.15) is 12.4 Å². The van der Waals surface area contributed by atoms with Crippen molar-refractivity contribution in [3.05, 3.63) is 95.5 Å². The molecule has 0 radical (unpaired) electrons. The summed E-state index contributed by atoms with van der Waals surface area (Å²) >= 11 is 0. The molecule has 0 unspecified atom stereocenters. The molecule has 6 aromatic rings. The van der Waals surface area contributed by atoms with Gasteiger partial charge in [0.25, 0.3) is 22.2 Å². The van der Waals surface area contributed by atoms with Crippen LogP contribution in [-0.4, -0.2) is 38.7 Å². The smallest absolute Gasteiger partial charge is 0.263 e. The molecule has 198 valence electrons. The fourth-order valence-electron chi connectivity index (χ4n) is 5.58. The number of rotatable bonds is 8. The molecule has 39 heavy (non-hydrogen) atoms. The molecule has 6 rings (SSSR count). The Balaban J connectivity index is 1.65. The van der Waals surface area contributed by atoms with Crippen LogP contribution in [0.4, 0.5) is 0 Å². The Bertz CT molecular complexity index is 2090. The van der Waals surface area contributed by atoms with Crippen LogP contribution in [0.2, 0.25) is 0 Å². The van der Waals surface area contributed by atoms with Crippen LogP contribution >= 0.6 is 0 Å². The van der Waals surface area contributed by atoms with Gasteiger partial charge in [-0.25, -0.2) is 0 Å². The van der Waals surface area contributed by atoms with E-state index in [1.54, 1.807) is 0 Å². The number of aromatic amines is 1. The minimum absolute atomic E-state index is 0.000737. The summed E-state index contributed by atoms with van der Waals surface area (Å²) in [6.45, 7) is 6.67. The Labute approximate surface area is 222 Å². The molecule has 0 atom stereocenters. The van der Waals surface area contributed by atoms with Gasteiger partial charge < -0.3 is 14.6 Å². The first-order valence-electron chi connectivity index (χ1n) is 13.1. The normalized spacial score (nSPS) is 12.1. The van der Waals surface area contributed by atoms with Crippen molar-refractivity contribution in [1.29, 1.82) is 0 Å². The predicted molar refractivity (Wildman–Crippen MR) is 154 cm³/mol. The highest BCUT2D eigenvalue weighted by Crippen LogP contribution is 2.36. The Hall–Kier alpha value is -4.50. The third-order valence-corrected chi connectivity index (χ3v) is 7.76. The molecular weight excluding hydrogens is 496 g/mol. The highest BCUT2D eigenvalue weighted by atomic mass is 16.5. The standard InChI is InChI=1S/C30H28N4O5/c1-4-33(5-2)13-14-34-29(37)22-21-19-15-18(39-16-17-9-7-6-8-10-17)11-12-20(19)31-26(21)25-24(23(22)30(34)38)27(35)32(3)28(25)36/h6-12,15,31H,4-5,13-14,16H2,1-3H3. The number of nitrogens with zero attached hydrogens (tertiary/aromatic N) is 3. The van der Waals surface area contributed by atoms with E-state index in [1.165, 1.54) is 11.6 Å². The average molecular weight is 525 g/mol. The molecule has 3 aromatic carbocycles. The number of aromatic nitrogens is 3. The third kappa shape index (κ3) is 3.72. The van der Waals surface area contributed by atoms with Gasteiger partial charge in [-0.15, -0.1) is 0 Å². The quantitative estimate of drug-likeness (QED) is 0.328. The lowest BCUT2D eigenvalue weighted by atomic mass is 10.0. The van der Waals surface area contributed by atoms with Crippen molar-refractivity contribution in [1.82, 2.24) is 19.0 Å². The monoisotopic (exact) mass is 524 g/mol. The van der Waals surface area contributed by atoms with E-state index in [1.807, 2.05) is 62.4 Å². The highest BCUT2D eigenvalue weighted by Gasteiger charge is 2.27. The second-order valence-electron chi connectivity index (χ2n) is 9.81. The maximum Gasteiger partial charge on any atom is 0.263 e. The average Bonchev–Trinajstić information content (AvgIpc) is 3.52. The second-order valence-corrected chi connectivity index (χ2v) is 9.81. The van der Waals surface area contributed by atoms with Gasteiger partial charge >= 0.3 is 0 Å². The van der Waals surface area contributed by atoms with E-state index >= 15 is 0 Å². The number of ether oxygens (including phenoxy) is 1. The molecule has 0 saturated carbocycles. The van der Waals surface area contributed by atoms with Crippen molar-refractivity contribution >= 4 is 43.4 Å². The van der Waals surface area contributed by atoms with Crippen molar-refractivity contribution in [3.63, 3.8) is 0 Å². The van der Waals surface area contributed by atoms with Crippen LogP contribution in [0.3, 0.4) is 0 Å². The molecule has 0 saturated heterocycles. The molecule has 3 heterocycles. The lowest BCUT2D eigenvalue weighted by Gasteiger charge is -2.17. The minimum Gasteiger partial charge on any atom is -0.489 e. The number of likely N-dealkylation sites (N-methyl/N-ethyl adjacent to an activating group) is 1. The molecule has 0 bridgehead atoms. The number of nitrogens with one attached hydrogen (secondary N) is 1. The van der Waals surface area contributed by atoms with Gasteiger partial charge in [0, 0.05) is 36.4 Å². The number of fused-ring (bicyclic) bond motifs is 8. The summed E-state index contributed by atoms with van der Waals surface area (Å²) in [4.78, 5) is 59.4. The van der Waals surface area contributed by atoms with E-state index in [0.29, 0.717) is 40.7 Å². The van der Waals surface area contributed by atoms with E-state index < -0.39 is 22.2 Å². The van der Waals surface area contributed by atoms with Crippen LogP contribution in [-0.2, 0) is 20.2 Å². The van der Waals surface area contributed by atoms with E-state index in [9.17, 15) is 19.2 Å². The largest absolute Gasteiger partial charge is 0.489 e. The first-order chi connectivity index (χ1) is 18.8. The van der Waals surface area contributed by atoms with Crippen molar-refractivity contribution in [2.45, 2.75) is 27.0 Å². The van der Waals surface area contributed by atoms with Gasteiger partial charge in [-0.05, 0) is 36.9 Å². The van der Waals surface area contributed by atoms with Crippen molar-refractivity contribution in [3.8, 4) is 5.75 Å². The van der Waals surface area contributed by atoms with E-state index in [-0.39, 0.29) is 28.1 Å². The van der Waals surface area contributed by atoms with Crippen LogP contribution in [0.1, 0.15) is 19.4 Å². The molecule has 0 aliphatic carbocycles. The molecule has 9 nitrogen and oxygen atoms in total. The van der Waals surface area contributed by atoms with E-state index in [2.05, 4.69) is 9.88 Å². The first kappa shape index (κ1) is 24.8. The van der Waals surface area contributed by atoms with Gasteiger partial charge in [-0.2, -0.15) is 0 Å². The highest BCUT2D eigenvalue weighted by molar-refractivity contribution is 6.31. The van der Waals surface area contributed by atoms with Crippen molar-refractivity contribution < 1.29 is 4.74 Å². The van der Waals surface area contributed by atoms with Gasteiger partial charge in [0.15, 0.2) is 0 Å². The fourth-order valence-corrected chi connectivity index (χ4v) is 5.58. The molecule has 3 aromatic heterocycles. The summed E-state index contributed by atoms with van der Waals surface area (Å²) in [6.07, 6.45) is 0. The van der Waals surface area contributed by atoms with Crippen LogP contribution < -0.4 is 27.0 Å². The maximum absolute atomic E-state index is 13.8. The van der Waals surface area contributed by atoms with Crippen LogP contribution in [0.25, 0.3) is 43.4 Å². The third-order valence-electron chi connectivity index (χ3n) is 7.76. The molecule has 0 aliphatic heterocycles.